The highest BCUT2D eigenvalue weighted by Gasteiger charge is 2.70. The Labute approximate surface area is 138 Å². The molecule has 2 saturated carbocycles. The van der Waals surface area contributed by atoms with E-state index in [-0.39, 0.29) is 11.0 Å². The van der Waals surface area contributed by atoms with Gasteiger partial charge < -0.3 is 10.6 Å². The zero-order chi connectivity index (χ0) is 16.0. The van der Waals surface area contributed by atoms with Gasteiger partial charge in [-0.05, 0) is 63.5 Å². The second kappa shape index (κ2) is 4.00. The fourth-order valence-corrected chi connectivity index (χ4v) is 6.44. The summed E-state index contributed by atoms with van der Waals surface area (Å²) in [5, 5.41) is 7.64. The maximum absolute atomic E-state index is 13.4. The predicted octanol–water partition coefficient (Wildman–Crippen LogP) is 3.61. The van der Waals surface area contributed by atoms with Gasteiger partial charge in [0, 0.05) is 28.2 Å². The average Bonchev–Trinajstić information content (AvgIpc) is 2.94. The van der Waals surface area contributed by atoms with Crippen LogP contribution in [0.3, 0.4) is 0 Å². The lowest BCUT2D eigenvalue weighted by molar-refractivity contribution is -0.00566. The lowest BCUT2D eigenvalue weighted by atomic mass is 9.55. The van der Waals surface area contributed by atoms with E-state index in [9.17, 15) is 4.79 Å². The standard InChI is InChI=1S/C20H26N2O/c1-18(2)12-8-9-19(3)14(10-12)16(21-18)11-20(19)17(23)13-6-4-5-7-15(13)22-20/h4-7,12,14,16,21-22H,8-11H2,1-3H3/t12-,14+,16+,19+,20-/m0/s1. The van der Waals surface area contributed by atoms with Crippen LogP contribution in [0.4, 0.5) is 5.69 Å². The summed E-state index contributed by atoms with van der Waals surface area (Å²) in [6, 6.07) is 8.53. The SMILES string of the molecule is CC1(C)N[C@@H]2C[C@@]3(Nc4ccccc4C3=O)[C@]3(C)CC[C@H]1C[C@H]23. The maximum atomic E-state index is 13.4. The molecule has 122 valence electrons. The van der Waals surface area contributed by atoms with Gasteiger partial charge in [0.1, 0.15) is 5.54 Å². The Morgan fingerprint density at radius 3 is 2.74 bits per heavy atom. The molecule has 3 fully saturated rings. The van der Waals surface area contributed by atoms with Crippen molar-refractivity contribution in [2.24, 2.45) is 17.3 Å². The van der Waals surface area contributed by atoms with Crippen molar-refractivity contribution in [3.05, 3.63) is 29.8 Å². The molecule has 1 spiro atoms. The molecule has 2 aliphatic heterocycles. The number of para-hydroxylation sites is 1. The molecule has 1 aromatic carbocycles. The van der Waals surface area contributed by atoms with Gasteiger partial charge in [0.25, 0.3) is 0 Å². The van der Waals surface area contributed by atoms with Crippen molar-refractivity contribution in [2.45, 2.75) is 63.6 Å². The molecule has 2 heterocycles. The Bertz CT molecular complexity index is 711. The van der Waals surface area contributed by atoms with E-state index in [0.717, 1.165) is 30.0 Å². The normalized spacial score (nSPS) is 45.9. The summed E-state index contributed by atoms with van der Waals surface area (Å²) in [4.78, 5) is 13.4. The van der Waals surface area contributed by atoms with Crippen LogP contribution in [0.25, 0.3) is 0 Å². The van der Waals surface area contributed by atoms with Gasteiger partial charge in [0.05, 0.1) is 0 Å². The van der Waals surface area contributed by atoms with E-state index in [4.69, 9.17) is 0 Å². The molecule has 3 nitrogen and oxygen atoms in total. The van der Waals surface area contributed by atoms with Crippen LogP contribution in [0.5, 0.6) is 0 Å². The first-order valence-electron chi connectivity index (χ1n) is 9.07. The van der Waals surface area contributed by atoms with Crippen LogP contribution in [0.1, 0.15) is 56.8 Å². The van der Waals surface area contributed by atoms with Crippen LogP contribution < -0.4 is 10.6 Å². The second-order valence-electron chi connectivity index (χ2n) is 9.08. The van der Waals surface area contributed by atoms with Gasteiger partial charge in [-0.3, -0.25) is 4.79 Å². The molecule has 0 amide bonds. The number of hydrogen-bond acceptors (Lipinski definition) is 3. The van der Waals surface area contributed by atoms with Crippen molar-refractivity contribution in [1.82, 2.24) is 5.32 Å². The number of piperidine rings is 1. The minimum atomic E-state index is -0.398. The number of ketones is 1. The van der Waals surface area contributed by atoms with Gasteiger partial charge in [0.2, 0.25) is 0 Å². The summed E-state index contributed by atoms with van der Waals surface area (Å²) in [7, 11) is 0. The van der Waals surface area contributed by atoms with Crippen LogP contribution in [-0.2, 0) is 0 Å². The van der Waals surface area contributed by atoms with Crippen LogP contribution >= 0.6 is 0 Å². The number of carbonyl (C=O) groups excluding carboxylic acids is 1. The number of rotatable bonds is 0. The fourth-order valence-electron chi connectivity index (χ4n) is 6.44. The molecular weight excluding hydrogens is 284 g/mol. The third-order valence-corrected chi connectivity index (χ3v) is 7.84. The average molecular weight is 310 g/mol. The molecule has 5 atom stereocenters. The fraction of sp³-hybridized carbons (Fsp3) is 0.650. The van der Waals surface area contributed by atoms with E-state index in [2.05, 4.69) is 37.5 Å². The molecule has 2 aliphatic carbocycles. The summed E-state index contributed by atoms with van der Waals surface area (Å²) in [5.41, 5.74) is 1.80. The Hall–Kier alpha value is -1.35. The first-order valence-corrected chi connectivity index (χ1v) is 9.07. The Morgan fingerprint density at radius 2 is 1.96 bits per heavy atom. The largest absolute Gasteiger partial charge is 0.371 e. The van der Waals surface area contributed by atoms with Crippen LogP contribution in [0.2, 0.25) is 0 Å². The van der Waals surface area contributed by atoms with Crippen molar-refractivity contribution >= 4 is 11.5 Å². The number of Topliss-reactive ketones (excluding diaryl/α,β-unsaturated/α-hetero) is 1. The highest BCUT2D eigenvalue weighted by Crippen LogP contribution is 2.65. The summed E-state index contributed by atoms with van der Waals surface area (Å²) in [5.74, 6) is 1.69. The van der Waals surface area contributed by atoms with Gasteiger partial charge >= 0.3 is 0 Å². The number of benzene rings is 1. The molecule has 0 radical (unpaired) electrons. The number of carbonyl (C=O) groups is 1. The van der Waals surface area contributed by atoms with Gasteiger partial charge in [0.15, 0.2) is 5.78 Å². The van der Waals surface area contributed by atoms with Gasteiger partial charge in [-0.2, -0.15) is 0 Å². The van der Waals surface area contributed by atoms with E-state index < -0.39 is 5.54 Å². The number of fused-ring (bicyclic) bond motifs is 3. The molecule has 2 bridgehead atoms. The lowest BCUT2D eigenvalue weighted by Gasteiger charge is -2.55. The van der Waals surface area contributed by atoms with Crippen molar-refractivity contribution < 1.29 is 4.79 Å². The van der Waals surface area contributed by atoms with Crippen molar-refractivity contribution in [3.8, 4) is 0 Å². The summed E-state index contributed by atoms with van der Waals surface area (Å²) in [6.07, 6.45) is 4.59. The van der Waals surface area contributed by atoms with E-state index >= 15 is 0 Å². The smallest absolute Gasteiger partial charge is 0.190 e. The molecule has 5 rings (SSSR count). The predicted molar refractivity (Wildman–Crippen MR) is 91.7 cm³/mol. The van der Waals surface area contributed by atoms with Gasteiger partial charge in [-0.1, -0.05) is 19.1 Å². The van der Waals surface area contributed by atoms with Crippen molar-refractivity contribution in [3.63, 3.8) is 0 Å². The Kier molecular flexibility index (Phi) is 2.44. The third-order valence-electron chi connectivity index (χ3n) is 7.84. The Balaban J connectivity index is 1.63. The lowest BCUT2D eigenvalue weighted by Crippen LogP contribution is -2.62. The molecule has 2 N–H and O–H groups in total. The molecule has 1 saturated heterocycles. The van der Waals surface area contributed by atoms with Crippen molar-refractivity contribution in [1.29, 1.82) is 0 Å². The summed E-state index contributed by atoms with van der Waals surface area (Å²) in [6.45, 7) is 7.07. The molecule has 3 heteroatoms. The zero-order valence-electron chi connectivity index (χ0n) is 14.3. The first-order chi connectivity index (χ1) is 10.9. The molecule has 23 heavy (non-hydrogen) atoms. The summed E-state index contributed by atoms with van der Waals surface area (Å²) >= 11 is 0. The van der Waals surface area contributed by atoms with E-state index in [1.807, 2.05) is 18.2 Å². The van der Waals surface area contributed by atoms with E-state index in [1.54, 1.807) is 0 Å². The third kappa shape index (κ3) is 1.48. The summed E-state index contributed by atoms with van der Waals surface area (Å²) < 4.78 is 0. The quantitative estimate of drug-likeness (QED) is 0.769. The molecule has 0 unspecified atom stereocenters. The number of nitrogens with one attached hydrogen (secondary N) is 2. The second-order valence-corrected chi connectivity index (χ2v) is 9.08. The first kappa shape index (κ1) is 14.0. The Morgan fingerprint density at radius 1 is 1.17 bits per heavy atom. The maximum Gasteiger partial charge on any atom is 0.190 e. The minimum Gasteiger partial charge on any atom is -0.371 e. The monoisotopic (exact) mass is 310 g/mol. The molecule has 4 aliphatic rings. The van der Waals surface area contributed by atoms with Crippen molar-refractivity contribution in [2.75, 3.05) is 5.32 Å². The van der Waals surface area contributed by atoms with E-state index in [0.29, 0.717) is 17.7 Å². The van der Waals surface area contributed by atoms with E-state index in [1.165, 1.54) is 12.8 Å². The zero-order valence-corrected chi connectivity index (χ0v) is 14.3. The highest BCUT2D eigenvalue weighted by molar-refractivity contribution is 6.14. The van der Waals surface area contributed by atoms with Gasteiger partial charge in [-0.15, -0.1) is 0 Å². The minimum absolute atomic E-state index is 0.0633. The number of anilines is 1. The topological polar surface area (TPSA) is 41.1 Å². The van der Waals surface area contributed by atoms with Crippen LogP contribution in [-0.4, -0.2) is 22.9 Å². The molecular formula is C20H26N2O. The molecule has 1 aromatic rings. The van der Waals surface area contributed by atoms with Gasteiger partial charge in [-0.25, -0.2) is 0 Å². The van der Waals surface area contributed by atoms with Crippen LogP contribution in [0.15, 0.2) is 24.3 Å². The molecule has 0 aromatic heterocycles. The highest BCUT2D eigenvalue weighted by atomic mass is 16.1. The number of hydrogen-bond donors (Lipinski definition) is 2. The van der Waals surface area contributed by atoms with Crippen LogP contribution in [0, 0.1) is 17.3 Å².